The van der Waals surface area contributed by atoms with Crippen molar-refractivity contribution in [1.82, 2.24) is 15.3 Å². The fourth-order valence-corrected chi connectivity index (χ4v) is 2.13. The van der Waals surface area contributed by atoms with Crippen molar-refractivity contribution in [1.29, 1.82) is 0 Å². The molecule has 0 radical (unpaired) electrons. The third-order valence-electron chi connectivity index (χ3n) is 3.00. The monoisotopic (exact) mass is 278 g/mol. The van der Waals surface area contributed by atoms with Gasteiger partial charge < -0.3 is 10.2 Å². The van der Waals surface area contributed by atoms with E-state index in [0.29, 0.717) is 0 Å². The van der Waals surface area contributed by atoms with Gasteiger partial charge in [-0.3, -0.25) is 0 Å². The number of halogens is 2. The summed E-state index contributed by atoms with van der Waals surface area (Å²) in [5.41, 5.74) is 0. The zero-order valence-corrected chi connectivity index (χ0v) is 11.6. The molecular formula is C11H20Cl2N4. The van der Waals surface area contributed by atoms with Crippen molar-refractivity contribution in [2.45, 2.75) is 12.8 Å². The first-order valence-electron chi connectivity index (χ1n) is 5.55. The van der Waals surface area contributed by atoms with Gasteiger partial charge in [0.1, 0.15) is 12.1 Å². The Balaban J connectivity index is 0.00000128. The summed E-state index contributed by atoms with van der Waals surface area (Å²) in [5, 5.41) is 3.25. The fourth-order valence-electron chi connectivity index (χ4n) is 2.13. The molecule has 1 N–H and O–H groups in total. The van der Waals surface area contributed by atoms with Crippen LogP contribution in [0.15, 0.2) is 18.6 Å². The van der Waals surface area contributed by atoms with Crippen LogP contribution < -0.4 is 10.2 Å². The summed E-state index contributed by atoms with van der Waals surface area (Å²) in [6.07, 6.45) is 5.94. The van der Waals surface area contributed by atoms with Gasteiger partial charge in [-0.25, -0.2) is 9.97 Å². The minimum Gasteiger partial charge on any atom is -0.357 e. The zero-order valence-electron chi connectivity index (χ0n) is 10.0. The Kier molecular flexibility index (Phi) is 8.21. The van der Waals surface area contributed by atoms with Gasteiger partial charge in [0, 0.05) is 19.3 Å². The van der Waals surface area contributed by atoms with Gasteiger partial charge in [-0.1, -0.05) is 0 Å². The molecule has 1 aliphatic heterocycles. The van der Waals surface area contributed by atoms with Crippen molar-refractivity contribution in [2.75, 3.05) is 31.6 Å². The number of hydrogen-bond donors (Lipinski definition) is 1. The summed E-state index contributed by atoms with van der Waals surface area (Å²) in [6, 6.07) is 1.98. The Morgan fingerprint density at radius 2 is 2.06 bits per heavy atom. The first-order valence-corrected chi connectivity index (χ1v) is 5.55. The van der Waals surface area contributed by atoms with Gasteiger partial charge in [0.2, 0.25) is 0 Å². The summed E-state index contributed by atoms with van der Waals surface area (Å²) in [5.74, 6) is 1.89. The molecule has 0 atom stereocenters. The lowest BCUT2D eigenvalue weighted by atomic mass is 9.97. The van der Waals surface area contributed by atoms with Crippen molar-refractivity contribution in [3.05, 3.63) is 18.6 Å². The van der Waals surface area contributed by atoms with Crippen LogP contribution in [0, 0.1) is 5.92 Å². The number of piperidine rings is 1. The number of nitrogens with one attached hydrogen (secondary N) is 1. The second kappa shape index (κ2) is 8.50. The lowest BCUT2D eigenvalue weighted by Gasteiger charge is -2.32. The molecule has 4 nitrogen and oxygen atoms in total. The second-order valence-corrected chi connectivity index (χ2v) is 4.06. The summed E-state index contributed by atoms with van der Waals surface area (Å²) in [6.45, 7) is 3.37. The average molecular weight is 279 g/mol. The molecule has 0 aromatic carbocycles. The molecule has 1 aromatic rings. The van der Waals surface area contributed by atoms with E-state index in [-0.39, 0.29) is 24.8 Å². The minimum absolute atomic E-state index is 0. The molecule has 1 saturated heterocycles. The van der Waals surface area contributed by atoms with Gasteiger partial charge in [-0.2, -0.15) is 0 Å². The smallest absolute Gasteiger partial charge is 0.131 e. The van der Waals surface area contributed by atoms with Crippen LogP contribution in [0.4, 0.5) is 5.82 Å². The summed E-state index contributed by atoms with van der Waals surface area (Å²) in [7, 11) is 2.02. The number of rotatable bonds is 3. The normalized spacial score (nSPS) is 15.9. The Hall–Kier alpha value is -0.580. The predicted octanol–water partition coefficient (Wildman–Crippen LogP) is 1.76. The van der Waals surface area contributed by atoms with Gasteiger partial charge in [0.15, 0.2) is 0 Å². The van der Waals surface area contributed by atoms with E-state index in [0.717, 1.165) is 31.4 Å². The summed E-state index contributed by atoms with van der Waals surface area (Å²) >= 11 is 0. The van der Waals surface area contributed by atoms with Crippen molar-refractivity contribution >= 4 is 30.6 Å². The number of anilines is 1. The fraction of sp³-hybridized carbons (Fsp3) is 0.636. The molecule has 0 unspecified atom stereocenters. The van der Waals surface area contributed by atoms with E-state index in [1.54, 1.807) is 6.33 Å². The largest absolute Gasteiger partial charge is 0.357 e. The standard InChI is InChI=1S/C11H18N4.2ClH/c1-12-8-10-3-6-15(7-4-10)11-2-5-13-9-14-11;;/h2,5,9-10,12H,3-4,6-8H2,1H3;2*1H. The first-order chi connectivity index (χ1) is 7.40. The van der Waals surface area contributed by atoms with Crippen LogP contribution in [0.25, 0.3) is 0 Å². The van der Waals surface area contributed by atoms with Crippen LogP contribution in [-0.2, 0) is 0 Å². The van der Waals surface area contributed by atoms with Gasteiger partial charge in [0.25, 0.3) is 0 Å². The van der Waals surface area contributed by atoms with Crippen LogP contribution in [0.2, 0.25) is 0 Å². The quantitative estimate of drug-likeness (QED) is 0.915. The molecular weight excluding hydrogens is 259 g/mol. The van der Waals surface area contributed by atoms with Crippen molar-refractivity contribution in [3.8, 4) is 0 Å². The van der Waals surface area contributed by atoms with E-state index in [4.69, 9.17) is 0 Å². The molecule has 0 amide bonds. The highest BCUT2D eigenvalue weighted by molar-refractivity contribution is 5.85. The van der Waals surface area contributed by atoms with Crippen LogP contribution in [0.5, 0.6) is 0 Å². The zero-order chi connectivity index (χ0) is 10.5. The molecule has 1 aliphatic rings. The maximum Gasteiger partial charge on any atom is 0.131 e. The maximum absolute atomic E-state index is 4.27. The molecule has 0 saturated carbocycles. The van der Waals surface area contributed by atoms with E-state index >= 15 is 0 Å². The van der Waals surface area contributed by atoms with Crippen LogP contribution in [0.3, 0.4) is 0 Å². The highest BCUT2D eigenvalue weighted by Gasteiger charge is 2.19. The Bertz CT molecular complexity index is 289. The number of aromatic nitrogens is 2. The van der Waals surface area contributed by atoms with Crippen molar-refractivity contribution < 1.29 is 0 Å². The van der Waals surface area contributed by atoms with Gasteiger partial charge in [-0.15, -0.1) is 24.8 Å². The minimum atomic E-state index is 0. The molecule has 2 rings (SSSR count). The second-order valence-electron chi connectivity index (χ2n) is 4.06. The molecule has 1 fully saturated rings. The van der Waals surface area contributed by atoms with Crippen molar-refractivity contribution in [3.63, 3.8) is 0 Å². The van der Waals surface area contributed by atoms with E-state index in [1.807, 2.05) is 19.3 Å². The van der Waals surface area contributed by atoms with E-state index in [1.165, 1.54) is 12.8 Å². The van der Waals surface area contributed by atoms with E-state index < -0.39 is 0 Å². The molecule has 17 heavy (non-hydrogen) atoms. The van der Waals surface area contributed by atoms with Gasteiger partial charge in [0.05, 0.1) is 0 Å². The summed E-state index contributed by atoms with van der Waals surface area (Å²) in [4.78, 5) is 10.6. The third-order valence-corrected chi connectivity index (χ3v) is 3.00. The topological polar surface area (TPSA) is 41.0 Å². The van der Waals surface area contributed by atoms with Crippen molar-refractivity contribution in [2.24, 2.45) is 5.92 Å². The molecule has 0 spiro atoms. The third kappa shape index (κ3) is 4.66. The number of hydrogen-bond acceptors (Lipinski definition) is 4. The lowest BCUT2D eigenvalue weighted by Crippen LogP contribution is -2.37. The van der Waals surface area contributed by atoms with Crippen LogP contribution >= 0.6 is 24.8 Å². The molecule has 2 heterocycles. The van der Waals surface area contributed by atoms with E-state index in [2.05, 4.69) is 20.2 Å². The molecule has 6 heteroatoms. The molecule has 98 valence electrons. The predicted molar refractivity (Wildman–Crippen MR) is 75.4 cm³/mol. The molecule has 1 aromatic heterocycles. The molecule has 0 aliphatic carbocycles. The lowest BCUT2D eigenvalue weighted by molar-refractivity contribution is 0.392. The van der Waals surface area contributed by atoms with Crippen LogP contribution in [0.1, 0.15) is 12.8 Å². The number of nitrogens with zero attached hydrogens (tertiary/aromatic N) is 3. The first kappa shape index (κ1) is 16.4. The summed E-state index contributed by atoms with van der Waals surface area (Å²) < 4.78 is 0. The Morgan fingerprint density at radius 1 is 1.35 bits per heavy atom. The Labute approximate surface area is 115 Å². The molecule has 0 bridgehead atoms. The van der Waals surface area contributed by atoms with Gasteiger partial charge in [-0.05, 0) is 38.4 Å². The van der Waals surface area contributed by atoms with Gasteiger partial charge >= 0.3 is 0 Å². The SMILES string of the molecule is CNCC1CCN(c2ccncn2)CC1.Cl.Cl. The van der Waals surface area contributed by atoms with E-state index in [9.17, 15) is 0 Å². The Morgan fingerprint density at radius 3 is 2.59 bits per heavy atom. The average Bonchev–Trinajstić information content (AvgIpc) is 2.32. The maximum atomic E-state index is 4.27. The highest BCUT2D eigenvalue weighted by atomic mass is 35.5. The van der Waals surface area contributed by atoms with Crippen LogP contribution in [-0.4, -0.2) is 36.6 Å². The highest BCUT2D eigenvalue weighted by Crippen LogP contribution is 2.20.